The van der Waals surface area contributed by atoms with Gasteiger partial charge >= 0.3 is 0 Å². The number of carbonyl (C=O) groups is 1. The highest BCUT2D eigenvalue weighted by atomic mass is 16.2. The molecule has 6 nitrogen and oxygen atoms in total. The SMILES string of the molecule is Cc1nc2c(c(=O)n1C)CN(C(=O)CN1CCc3ccccc3C1)C2. The lowest BCUT2D eigenvalue weighted by Gasteiger charge is -2.29. The van der Waals surface area contributed by atoms with E-state index in [1.54, 1.807) is 16.5 Å². The van der Waals surface area contributed by atoms with Gasteiger partial charge in [-0.05, 0) is 24.5 Å². The standard InChI is InChI=1S/C19H22N4O2/c1-13-20-17-11-23(10-16(17)19(25)21(13)2)18(24)12-22-8-7-14-5-3-4-6-15(14)9-22/h3-6H,7-12H2,1-2H3. The van der Waals surface area contributed by atoms with Crippen molar-refractivity contribution in [2.45, 2.75) is 33.0 Å². The molecule has 6 heteroatoms. The Hall–Kier alpha value is -2.47. The van der Waals surface area contributed by atoms with Gasteiger partial charge in [-0.3, -0.25) is 19.1 Å². The largest absolute Gasteiger partial charge is 0.331 e. The van der Waals surface area contributed by atoms with Crippen LogP contribution in [-0.2, 0) is 37.9 Å². The molecule has 0 aliphatic carbocycles. The van der Waals surface area contributed by atoms with Gasteiger partial charge in [0.2, 0.25) is 5.91 Å². The maximum absolute atomic E-state index is 12.7. The van der Waals surface area contributed by atoms with Crippen LogP contribution in [0.4, 0.5) is 0 Å². The lowest BCUT2D eigenvalue weighted by molar-refractivity contribution is -0.133. The van der Waals surface area contributed by atoms with Crippen molar-refractivity contribution in [1.29, 1.82) is 0 Å². The van der Waals surface area contributed by atoms with Crippen LogP contribution < -0.4 is 5.56 Å². The number of hydrogen-bond donors (Lipinski definition) is 0. The molecule has 4 rings (SSSR count). The molecule has 0 atom stereocenters. The molecule has 0 fully saturated rings. The smallest absolute Gasteiger partial charge is 0.258 e. The van der Waals surface area contributed by atoms with Crippen LogP contribution in [0.1, 0.15) is 28.2 Å². The summed E-state index contributed by atoms with van der Waals surface area (Å²) in [5, 5.41) is 0. The van der Waals surface area contributed by atoms with E-state index in [-0.39, 0.29) is 11.5 Å². The number of hydrogen-bond acceptors (Lipinski definition) is 4. The molecule has 0 saturated carbocycles. The number of nitrogens with zero attached hydrogens (tertiary/aromatic N) is 4. The van der Waals surface area contributed by atoms with Gasteiger partial charge in [0.05, 0.1) is 30.9 Å². The summed E-state index contributed by atoms with van der Waals surface area (Å²) >= 11 is 0. The first kappa shape index (κ1) is 16.0. The molecule has 130 valence electrons. The van der Waals surface area contributed by atoms with Crippen LogP contribution in [0.3, 0.4) is 0 Å². The predicted molar refractivity (Wildman–Crippen MR) is 93.9 cm³/mol. The highest BCUT2D eigenvalue weighted by Crippen LogP contribution is 2.21. The average molecular weight is 338 g/mol. The Bertz CT molecular complexity index is 903. The maximum Gasteiger partial charge on any atom is 0.258 e. The minimum absolute atomic E-state index is 0.0373. The summed E-state index contributed by atoms with van der Waals surface area (Å²) in [6.45, 7) is 4.72. The maximum atomic E-state index is 12.7. The van der Waals surface area contributed by atoms with Crippen LogP contribution >= 0.6 is 0 Å². The molecule has 0 bridgehead atoms. The third-order valence-electron chi connectivity index (χ3n) is 5.30. The molecular weight excluding hydrogens is 316 g/mol. The van der Waals surface area contributed by atoms with Crippen molar-refractivity contribution in [2.75, 3.05) is 13.1 Å². The van der Waals surface area contributed by atoms with E-state index in [0.717, 1.165) is 25.2 Å². The Morgan fingerprint density at radius 3 is 2.72 bits per heavy atom. The monoisotopic (exact) mass is 338 g/mol. The quantitative estimate of drug-likeness (QED) is 0.819. The molecule has 25 heavy (non-hydrogen) atoms. The van der Waals surface area contributed by atoms with E-state index in [2.05, 4.69) is 28.1 Å². The zero-order chi connectivity index (χ0) is 17.6. The van der Waals surface area contributed by atoms with Crippen molar-refractivity contribution in [2.24, 2.45) is 7.05 Å². The molecule has 2 aliphatic rings. The minimum atomic E-state index is -0.0373. The van der Waals surface area contributed by atoms with Crippen LogP contribution in [-0.4, -0.2) is 38.3 Å². The van der Waals surface area contributed by atoms with E-state index in [1.165, 1.54) is 11.1 Å². The Morgan fingerprint density at radius 1 is 1.16 bits per heavy atom. The van der Waals surface area contributed by atoms with Crippen molar-refractivity contribution in [3.63, 3.8) is 0 Å². The molecule has 0 N–H and O–H groups in total. The molecule has 0 saturated heterocycles. The molecule has 0 radical (unpaired) electrons. The van der Waals surface area contributed by atoms with Crippen LogP contribution in [0.25, 0.3) is 0 Å². The number of aryl methyl sites for hydroxylation is 1. The Morgan fingerprint density at radius 2 is 1.92 bits per heavy atom. The number of fused-ring (bicyclic) bond motifs is 2. The second-order valence-corrected chi connectivity index (χ2v) is 6.93. The van der Waals surface area contributed by atoms with Gasteiger partial charge in [-0.1, -0.05) is 24.3 Å². The highest BCUT2D eigenvalue weighted by molar-refractivity contribution is 5.79. The minimum Gasteiger partial charge on any atom is -0.331 e. The number of aromatic nitrogens is 2. The normalized spacial score (nSPS) is 16.6. The Balaban J connectivity index is 1.45. The summed E-state index contributed by atoms with van der Waals surface area (Å²) in [6.07, 6.45) is 0.977. The summed E-state index contributed by atoms with van der Waals surface area (Å²) in [4.78, 5) is 33.5. The zero-order valence-electron chi connectivity index (χ0n) is 14.7. The summed E-state index contributed by atoms with van der Waals surface area (Å²) in [7, 11) is 1.72. The molecular formula is C19H22N4O2. The Labute approximate surface area is 146 Å². The molecule has 0 spiro atoms. The van der Waals surface area contributed by atoms with Gasteiger partial charge in [0.1, 0.15) is 5.82 Å². The number of rotatable bonds is 2. The molecule has 1 aromatic heterocycles. The first-order valence-electron chi connectivity index (χ1n) is 8.65. The molecule has 1 amide bonds. The van der Waals surface area contributed by atoms with E-state index < -0.39 is 0 Å². The lowest BCUT2D eigenvalue weighted by atomic mass is 10.00. The fourth-order valence-electron chi connectivity index (χ4n) is 3.68. The molecule has 1 aromatic carbocycles. The zero-order valence-corrected chi connectivity index (χ0v) is 14.7. The first-order valence-corrected chi connectivity index (χ1v) is 8.65. The van der Waals surface area contributed by atoms with Gasteiger partial charge in [-0.2, -0.15) is 0 Å². The number of benzene rings is 1. The topological polar surface area (TPSA) is 58.4 Å². The number of carbonyl (C=O) groups excluding carboxylic acids is 1. The first-order chi connectivity index (χ1) is 12.0. The van der Waals surface area contributed by atoms with Gasteiger partial charge < -0.3 is 4.90 Å². The molecule has 3 heterocycles. The predicted octanol–water partition coefficient (Wildman–Crippen LogP) is 0.989. The van der Waals surface area contributed by atoms with Crippen LogP contribution in [0, 0.1) is 6.92 Å². The van der Waals surface area contributed by atoms with E-state index >= 15 is 0 Å². The highest BCUT2D eigenvalue weighted by Gasteiger charge is 2.29. The third-order valence-corrected chi connectivity index (χ3v) is 5.30. The van der Waals surface area contributed by atoms with E-state index in [9.17, 15) is 9.59 Å². The van der Waals surface area contributed by atoms with Crippen LogP contribution in [0.5, 0.6) is 0 Å². The van der Waals surface area contributed by atoms with Crippen molar-refractivity contribution in [1.82, 2.24) is 19.4 Å². The number of amides is 1. The van der Waals surface area contributed by atoms with Crippen LogP contribution in [0.2, 0.25) is 0 Å². The third kappa shape index (κ3) is 2.87. The summed E-state index contributed by atoms with van der Waals surface area (Å²) in [6, 6.07) is 8.41. The van der Waals surface area contributed by atoms with E-state index in [0.29, 0.717) is 31.0 Å². The molecule has 2 aliphatic heterocycles. The van der Waals surface area contributed by atoms with Crippen molar-refractivity contribution in [3.05, 3.63) is 62.8 Å². The average Bonchev–Trinajstić information content (AvgIpc) is 3.04. The fourth-order valence-corrected chi connectivity index (χ4v) is 3.68. The van der Waals surface area contributed by atoms with E-state index in [1.807, 2.05) is 13.0 Å². The second-order valence-electron chi connectivity index (χ2n) is 6.93. The molecule has 0 unspecified atom stereocenters. The van der Waals surface area contributed by atoms with Gasteiger partial charge in [0.25, 0.3) is 5.56 Å². The lowest BCUT2D eigenvalue weighted by Crippen LogP contribution is -2.40. The van der Waals surface area contributed by atoms with Gasteiger partial charge in [0.15, 0.2) is 0 Å². The van der Waals surface area contributed by atoms with Crippen LogP contribution in [0.15, 0.2) is 29.1 Å². The van der Waals surface area contributed by atoms with Gasteiger partial charge in [0, 0.05) is 20.1 Å². The van der Waals surface area contributed by atoms with Crippen molar-refractivity contribution in [3.8, 4) is 0 Å². The van der Waals surface area contributed by atoms with Gasteiger partial charge in [-0.15, -0.1) is 0 Å². The Kier molecular flexibility index (Phi) is 3.92. The second kappa shape index (κ2) is 6.11. The van der Waals surface area contributed by atoms with Gasteiger partial charge in [-0.25, -0.2) is 4.98 Å². The summed E-state index contributed by atoms with van der Waals surface area (Å²) in [5.74, 6) is 0.753. The van der Waals surface area contributed by atoms with E-state index in [4.69, 9.17) is 0 Å². The summed E-state index contributed by atoms with van der Waals surface area (Å²) in [5.41, 5.74) is 4.05. The molecule has 2 aromatic rings. The summed E-state index contributed by atoms with van der Waals surface area (Å²) < 4.78 is 1.55. The fraction of sp³-hybridized carbons (Fsp3) is 0.421. The van der Waals surface area contributed by atoms with Crippen molar-refractivity contribution < 1.29 is 4.79 Å². The van der Waals surface area contributed by atoms with Crippen molar-refractivity contribution >= 4 is 5.91 Å².